The largest absolute Gasteiger partial charge is 0.327 e. The summed E-state index contributed by atoms with van der Waals surface area (Å²) in [5, 5.41) is 3.24. The lowest BCUT2D eigenvalue weighted by atomic mass is 10.1. The van der Waals surface area contributed by atoms with E-state index in [1.165, 1.54) is 10.6 Å². The van der Waals surface area contributed by atoms with Gasteiger partial charge in [-0.2, -0.15) is 0 Å². The Kier molecular flexibility index (Phi) is 2.38. The van der Waals surface area contributed by atoms with Crippen LogP contribution in [-0.4, -0.2) is 10.5 Å². The number of hydrogen-bond acceptors (Lipinski definition) is 2. The summed E-state index contributed by atoms with van der Waals surface area (Å²) in [6.07, 6.45) is 3.60. The summed E-state index contributed by atoms with van der Waals surface area (Å²) in [5.74, 6) is -0.249. The summed E-state index contributed by atoms with van der Waals surface area (Å²) in [6.45, 7) is 0. The molecule has 90 valence electrons. The number of halogens is 2. The van der Waals surface area contributed by atoms with Gasteiger partial charge in [-0.1, -0.05) is 11.6 Å². The summed E-state index contributed by atoms with van der Waals surface area (Å²) in [7, 11) is 0. The van der Waals surface area contributed by atoms with Crippen LogP contribution in [0.1, 0.15) is 36.2 Å². The Labute approximate surface area is 111 Å². The number of amides is 1. The van der Waals surface area contributed by atoms with Crippen molar-refractivity contribution in [3.63, 3.8) is 0 Å². The van der Waals surface area contributed by atoms with Crippen LogP contribution in [0, 0.1) is 0 Å². The van der Waals surface area contributed by atoms with Crippen LogP contribution < -0.4 is 10.9 Å². The molecule has 4 nitrogen and oxygen atoms in total. The van der Waals surface area contributed by atoms with E-state index in [4.69, 9.17) is 11.6 Å². The van der Waals surface area contributed by atoms with Crippen molar-refractivity contribution in [2.75, 3.05) is 0 Å². The van der Waals surface area contributed by atoms with Gasteiger partial charge in [-0.15, -0.1) is 0 Å². The lowest BCUT2D eigenvalue weighted by Gasteiger charge is -2.26. The Balaban J connectivity index is 2.36. The molecule has 2 heterocycles. The van der Waals surface area contributed by atoms with Gasteiger partial charge in [0, 0.05) is 0 Å². The van der Waals surface area contributed by atoms with Crippen molar-refractivity contribution in [3.05, 3.63) is 31.6 Å². The topological polar surface area (TPSA) is 51.1 Å². The maximum Gasteiger partial charge on any atom is 0.271 e. The van der Waals surface area contributed by atoms with Gasteiger partial charge in [0.15, 0.2) is 0 Å². The van der Waals surface area contributed by atoms with Crippen LogP contribution >= 0.6 is 27.5 Å². The number of pyridine rings is 1. The lowest BCUT2D eigenvalue weighted by Crippen LogP contribution is -2.45. The van der Waals surface area contributed by atoms with Gasteiger partial charge in [0.25, 0.3) is 11.5 Å². The first kappa shape index (κ1) is 11.3. The summed E-state index contributed by atoms with van der Waals surface area (Å²) >= 11 is 9.25. The number of nitrogens with one attached hydrogen (secondary N) is 1. The quantitative estimate of drug-likeness (QED) is 0.798. The van der Waals surface area contributed by atoms with Crippen molar-refractivity contribution >= 4 is 33.4 Å². The minimum Gasteiger partial charge on any atom is -0.327 e. The molecule has 17 heavy (non-hydrogen) atoms. The highest BCUT2D eigenvalue weighted by Crippen LogP contribution is 2.39. The third-order valence-electron chi connectivity index (χ3n) is 3.53. The average molecular weight is 318 g/mol. The molecule has 1 N–H and O–H groups in total. The maximum atomic E-state index is 12.2. The first-order valence-corrected chi connectivity index (χ1v) is 6.66. The summed E-state index contributed by atoms with van der Waals surface area (Å²) in [4.78, 5) is 24.1. The molecule has 0 bridgehead atoms. The molecule has 2 aliphatic rings. The zero-order chi connectivity index (χ0) is 12.2. The zero-order valence-electron chi connectivity index (χ0n) is 8.93. The van der Waals surface area contributed by atoms with Gasteiger partial charge < -0.3 is 5.32 Å². The molecule has 1 aromatic rings. The number of aromatic nitrogens is 1. The van der Waals surface area contributed by atoms with Crippen molar-refractivity contribution in [1.29, 1.82) is 0 Å². The van der Waals surface area contributed by atoms with Crippen molar-refractivity contribution in [1.82, 2.24) is 9.88 Å². The molecule has 1 fully saturated rings. The summed E-state index contributed by atoms with van der Waals surface area (Å²) < 4.78 is 1.93. The van der Waals surface area contributed by atoms with E-state index in [0.29, 0.717) is 15.2 Å². The number of carbonyl (C=O) groups excluding carboxylic acids is 1. The van der Waals surface area contributed by atoms with Gasteiger partial charge in [-0.25, -0.2) is 0 Å². The number of carbonyl (C=O) groups is 1. The molecule has 3 rings (SSSR count). The Morgan fingerprint density at radius 3 is 2.65 bits per heavy atom. The molecule has 1 spiro atoms. The van der Waals surface area contributed by atoms with Crippen molar-refractivity contribution < 1.29 is 4.79 Å². The summed E-state index contributed by atoms with van der Waals surface area (Å²) in [5.41, 5.74) is -0.442. The minimum atomic E-state index is -0.545. The average Bonchev–Trinajstić information content (AvgIpc) is 2.82. The highest BCUT2D eigenvalue weighted by Gasteiger charge is 2.46. The molecule has 1 aliphatic carbocycles. The van der Waals surface area contributed by atoms with Crippen LogP contribution in [0.25, 0.3) is 0 Å². The molecule has 0 unspecified atom stereocenters. The van der Waals surface area contributed by atoms with E-state index in [1.54, 1.807) is 0 Å². The number of fused-ring (bicyclic) bond motifs is 2. The predicted octanol–water partition coefficient (Wildman–Crippen LogP) is 2.23. The molecule has 0 aromatic carbocycles. The maximum absolute atomic E-state index is 12.2. The first-order valence-electron chi connectivity index (χ1n) is 5.49. The molecule has 0 atom stereocenters. The number of rotatable bonds is 0. The summed E-state index contributed by atoms with van der Waals surface area (Å²) in [6, 6.07) is 1.49. The van der Waals surface area contributed by atoms with Crippen LogP contribution in [0.15, 0.2) is 15.3 Å². The smallest absolute Gasteiger partial charge is 0.271 e. The fourth-order valence-corrected chi connectivity index (χ4v) is 3.63. The Hall–Kier alpha value is -0.810. The Bertz CT molecular complexity index is 576. The fraction of sp³-hybridized carbons (Fsp3) is 0.455. The number of hydrogen-bond donors (Lipinski definition) is 1. The van der Waals surface area contributed by atoms with E-state index in [0.717, 1.165) is 25.7 Å². The van der Waals surface area contributed by atoms with Crippen LogP contribution in [0.4, 0.5) is 0 Å². The monoisotopic (exact) mass is 316 g/mol. The van der Waals surface area contributed by atoms with Gasteiger partial charge in [0.05, 0.1) is 9.50 Å². The van der Waals surface area contributed by atoms with Crippen LogP contribution in [-0.2, 0) is 5.66 Å². The molecule has 0 radical (unpaired) electrons. The minimum absolute atomic E-state index is 0.190. The third kappa shape index (κ3) is 1.42. The van der Waals surface area contributed by atoms with E-state index in [1.807, 2.05) is 0 Å². The predicted molar refractivity (Wildman–Crippen MR) is 67.3 cm³/mol. The fourth-order valence-electron chi connectivity index (χ4n) is 2.81. The molecule has 0 saturated heterocycles. The molecule has 1 amide bonds. The van der Waals surface area contributed by atoms with E-state index < -0.39 is 5.66 Å². The lowest BCUT2D eigenvalue weighted by molar-refractivity contribution is 0.0920. The normalized spacial score (nSPS) is 20.7. The highest BCUT2D eigenvalue weighted by molar-refractivity contribution is 9.10. The zero-order valence-corrected chi connectivity index (χ0v) is 11.3. The Morgan fingerprint density at radius 1 is 1.35 bits per heavy atom. The second-order valence-corrected chi connectivity index (χ2v) is 5.78. The SMILES string of the molecule is O=C1NC2(CCCC2)n2c1c(Cl)cc(Br)c2=O. The van der Waals surface area contributed by atoms with Crippen molar-refractivity contribution in [3.8, 4) is 0 Å². The second-order valence-electron chi connectivity index (χ2n) is 4.52. The molecule has 6 heteroatoms. The standard InChI is InChI=1S/C11H10BrClN2O2/c12-6-5-7(13)8-9(16)14-11(3-1-2-4-11)15(8)10(6)17/h5H,1-4H2,(H,14,16). The third-order valence-corrected chi connectivity index (χ3v) is 4.39. The van der Waals surface area contributed by atoms with Gasteiger partial charge in [0.2, 0.25) is 0 Å². The molecular weight excluding hydrogens is 307 g/mol. The van der Waals surface area contributed by atoms with E-state index in [9.17, 15) is 9.59 Å². The van der Waals surface area contributed by atoms with Gasteiger partial charge in [-0.3, -0.25) is 14.2 Å². The molecule has 1 aromatic heterocycles. The molecule has 1 saturated carbocycles. The number of nitrogens with zero attached hydrogens (tertiary/aromatic N) is 1. The van der Waals surface area contributed by atoms with Crippen molar-refractivity contribution in [2.24, 2.45) is 0 Å². The van der Waals surface area contributed by atoms with Gasteiger partial charge in [-0.05, 0) is 47.7 Å². The first-order chi connectivity index (χ1) is 8.05. The van der Waals surface area contributed by atoms with E-state index >= 15 is 0 Å². The van der Waals surface area contributed by atoms with E-state index in [-0.39, 0.29) is 11.5 Å². The van der Waals surface area contributed by atoms with Gasteiger partial charge in [0.1, 0.15) is 11.4 Å². The molecule has 1 aliphatic heterocycles. The van der Waals surface area contributed by atoms with Crippen LogP contribution in [0.3, 0.4) is 0 Å². The van der Waals surface area contributed by atoms with Crippen LogP contribution in [0.5, 0.6) is 0 Å². The second kappa shape index (κ2) is 3.59. The van der Waals surface area contributed by atoms with E-state index in [2.05, 4.69) is 21.2 Å². The highest BCUT2D eigenvalue weighted by atomic mass is 79.9. The van der Waals surface area contributed by atoms with Crippen LogP contribution in [0.2, 0.25) is 5.02 Å². The van der Waals surface area contributed by atoms with Crippen molar-refractivity contribution in [2.45, 2.75) is 31.3 Å². The Morgan fingerprint density at radius 2 is 2.00 bits per heavy atom. The van der Waals surface area contributed by atoms with Gasteiger partial charge >= 0.3 is 0 Å². The molecular formula is C11H10BrClN2O2.